The molecule has 0 bridgehead atoms. The molecule has 7 nitrogen and oxygen atoms in total. The molecule has 0 spiro atoms. The Balaban J connectivity index is 1.71. The smallest absolute Gasteiger partial charge is 0.253 e. The van der Waals surface area contributed by atoms with E-state index in [4.69, 9.17) is 17.0 Å². The average molecular weight is 446 g/mol. The number of aromatic amines is 1. The number of rotatable bonds is 9. The third-order valence-corrected chi connectivity index (χ3v) is 6.06. The molecule has 8 heteroatoms. The summed E-state index contributed by atoms with van der Waals surface area (Å²) in [5.74, 6) is 0. The molecule has 1 fully saturated rings. The number of H-pyrrole nitrogens is 1. The van der Waals surface area contributed by atoms with Gasteiger partial charge in [-0.25, -0.2) is 0 Å². The number of fused-ring (bicyclic) bond motifs is 1. The summed E-state index contributed by atoms with van der Waals surface area (Å²) in [4.78, 5) is 22.5. The van der Waals surface area contributed by atoms with Gasteiger partial charge < -0.3 is 24.8 Å². The minimum Gasteiger partial charge on any atom is -0.379 e. The maximum atomic E-state index is 12.8. The van der Waals surface area contributed by atoms with E-state index in [0.29, 0.717) is 11.7 Å². The lowest BCUT2D eigenvalue weighted by Gasteiger charge is -2.31. The lowest BCUT2D eigenvalue weighted by atomic mass is 10.1. The number of hydrogen-bond acceptors (Lipinski definition) is 5. The predicted octanol–water partition coefficient (Wildman–Crippen LogP) is 1.80. The zero-order valence-corrected chi connectivity index (χ0v) is 19.8. The number of hydrogen-bond donors (Lipinski definition) is 2. The molecule has 2 heterocycles. The van der Waals surface area contributed by atoms with Crippen LogP contribution in [-0.4, -0.2) is 91.4 Å². The summed E-state index contributed by atoms with van der Waals surface area (Å²) in [6.07, 6.45) is 1.01. The molecular weight excluding hydrogens is 410 g/mol. The molecule has 0 aliphatic carbocycles. The van der Waals surface area contributed by atoms with Gasteiger partial charge >= 0.3 is 0 Å². The van der Waals surface area contributed by atoms with E-state index in [1.807, 2.05) is 31.2 Å². The molecule has 1 aromatic heterocycles. The number of morpholine rings is 1. The highest BCUT2D eigenvalue weighted by Gasteiger charge is 2.16. The van der Waals surface area contributed by atoms with Crippen molar-refractivity contribution in [2.45, 2.75) is 19.9 Å². The van der Waals surface area contributed by atoms with E-state index >= 15 is 0 Å². The Bertz CT molecular complexity index is 924. The third kappa shape index (κ3) is 7.00. The normalized spacial score (nSPS) is 14.8. The Hall–Kier alpha value is -2.00. The monoisotopic (exact) mass is 445 g/mol. The summed E-state index contributed by atoms with van der Waals surface area (Å²) in [7, 11) is 4.14. The van der Waals surface area contributed by atoms with Gasteiger partial charge in [0.2, 0.25) is 0 Å². The van der Waals surface area contributed by atoms with E-state index in [1.54, 1.807) is 0 Å². The Morgan fingerprint density at radius 3 is 2.77 bits per heavy atom. The summed E-state index contributed by atoms with van der Waals surface area (Å²) in [5.41, 5.74) is 2.66. The van der Waals surface area contributed by atoms with E-state index in [1.165, 1.54) is 0 Å². The molecule has 170 valence electrons. The SMILES string of the molecule is Cc1cccc2cc(CN(CCN3CCOCC3)C(=S)NCCCN(C)C)c(=O)[nH]c12. The lowest BCUT2D eigenvalue weighted by molar-refractivity contribution is 0.0357. The third-order valence-electron chi connectivity index (χ3n) is 5.66. The number of aromatic nitrogens is 1. The van der Waals surface area contributed by atoms with Crippen LogP contribution in [0.5, 0.6) is 0 Å². The topological polar surface area (TPSA) is 63.8 Å². The summed E-state index contributed by atoms with van der Waals surface area (Å²) in [6, 6.07) is 8.07. The molecule has 2 aromatic rings. The van der Waals surface area contributed by atoms with Crippen molar-refractivity contribution in [3.63, 3.8) is 0 Å². The van der Waals surface area contributed by atoms with Crippen LogP contribution in [0.3, 0.4) is 0 Å². The van der Waals surface area contributed by atoms with Crippen molar-refractivity contribution in [3.8, 4) is 0 Å². The van der Waals surface area contributed by atoms with E-state index in [9.17, 15) is 4.79 Å². The van der Waals surface area contributed by atoms with E-state index in [0.717, 1.165) is 80.9 Å². The maximum absolute atomic E-state index is 12.8. The van der Waals surface area contributed by atoms with Gasteiger partial charge in [-0.05, 0) is 63.2 Å². The first-order valence-corrected chi connectivity index (χ1v) is 11.4. The highest BCUT2D eigenvalue weighted by molar-refractivity contribution is 7.80. The first-order chi connectivity index (χ1) is 14.9. The number of nitrogens with zero attached hydrogens (tertiary/aromatic N) is 3. The van der Waals surface area contributed by atoms with Gasteiger partial charge in [-0.15, -0.1) is 0 Å². The second-order valence-electron chi connectivity index (χ2n) is 8.43. The number of benzene rings is 1. The van der Waals surface area contributed by atoms with Gasteiger partial charge in [0.05, 0.1) is 25.3 Å². The van der Waals surface area contributed by atoms with Crippen LogP contribution in [0.15, 0.2) is 29.1 Å². The number of thiocarbonyl (C=S) groups is 1. The van der Waals surface area contributed by atoms with Crippen LogP contribution in [0.1, 0.15) is 17.5 Å². The molecular formula is C23H35N5O2S. The molecule has 1 aliphatic rings. The van der Waals surface area contributed by atoms with Crippen LogP contribution in [0, 0.1) is 6.92 Å². The maximum Gasteiger partial charge on any atom is 0.253 e. The van der Waals surface area contributed by atoms with Crippen molar-refractivity contribution in [1.82, 2.24) is 25.0 Å². The predicted molar refractivity (Wildman–Crippen MR) is 131 cm³/mol. The number of nitrogens with one attached hydrogen (secondary N) is 2. The van der Waals surface area contributed by atoms with Crippen molar-refractivity contribution in [2.24, 2.45) is 0 Å². The first kappa shape index (κ1) is 23.7. The summed E-state index contributed by atoms with van der Waals surface area (Å²) >= 11 is 5.73. The second kappa shape index (κ2) is 11.6. The average Bonchev–Trinajstić information content (AvgIpc) is 2.75. The van der Waals surface area contributed by atoms with Crippen molar-refractivity contribution < 1.29 is 4.74 Å². The highest BCUT2D eigenvalue weighted by Crippen LogP contribution is 2.16. The molecule has 0 unspecified atom stereocenters. The fourth-order valence-electron chi connectivity index (χ4n) is 3.79. The largest absolute Gasteiger partial charge is 0.379 e. The Morgan fingerprint density at radius 2 is 2.03 bits per heavy atom. The van der Waals surface area contributed by atoms with Gasteiger partial charge in [-0.2, -0.15) is 0 Å². The van der Waals surface area contributed by atoms with Crippen LogP contribution < -0.4 is 10.9 Å². The minimum absolute atomic E-state index is 0.0476. The lowest BCUT2D eigenvalue weighted by Crippen LogP contribution is -2.46. The molecule has 1 saturated heterocycles. The van der Waals surface area contributed by atoms with Crippen molar-refractivity contribution >= 4 is 28.2 Å². The molecule has 0 amide bonds. The van der Waals surface area contributed by atoms with Crippen LogP contribution in [0.4, 0.5) is 0 Å². The van der Waals surface area contributed by atoms with Gasteiger partial charge in [-0.3, -0.25) is 9.69 Å². The summed E-state index contributed by atoms with van der Waals surface area (Å²) < 4.78 is 5.46. The second-order valence-corrected chi connectivity index (χ2v) is 8.81. The van der Waals surface area contributed by atoms with Crippen LogP contribution in [0.25, 0.3) is 10.9 Å². The van der Waals surface area contributed by atoms with Crippen LogP contribution in [-0.2, 0) is 11.3 Å². The fourth-order valence-corrected chi connectivity index (χ4v) is 4.05. The fraction of sp³-hybridized carbons (Fsp3) is 0.565. The molecule has 0 radical (unpaired) electrons. The zero-order valence-electron chi connectivity index (χ0n) is 18.9. The standard InChI is InChI=1S/C23H35N5O2S/c1-18-6-4-7-19-16-20(22(29)25-21(18)19)17-28(11-10-27-12-14-30-15-13-27)23(31)24-8-5-9-26(2)3/h4,6-7,16H,5,8-15,17H2,1-3H3,(H,24,31)(H,25,29). The van der Waals surface area contributed by atoms with Crippen molar-refractivity contribution in [2.75, 3.05) is 66.6 Å². The molecule has 0 saturated carbocycles. The van der Waals surface area contributed by atoms with Gasteiger partial charge in [0.25, 0.3) is 5.56 Å². The molecule has 1 aliphatic heterocycles. The molecule has 0 atom stereocenters. The van der Waals surface area contributed by atoms with Gasteiger partial charge in [-0.1, -0.05) is 18.2 Å². The number of ether oxygens (including phenoxy) is 1. The minimum atomic E-state index is -0.0476. The molecule has 1 aromatic carbocycles. The Labute approximate surface area is 190 Å². The molecule has 31 heavy (non-hydrogen) atoms. The van der Waals surface area contributed by atoms with Crippen LogP contribution >= 0.6 is 12.2 Å². The Kier molecular flexibility index (Phi) is 8.83. The zero-order chi connectivity index (χ0) is 22.2. The number of aryl methyl sites for hydroxylation is 1. The van der Waals surface area contributed by atoms with E-state index < -0.39 is 0 Å². The van der Waals surface area contributed by atoms with Crippen LogP contribution in [0.2, 0.25) is 0 Å². The summed E-state index contributed by atoms with van der Waals surface area (Å²) in [5, 5.41) is 5.14. The van der Waals surface area contributed by atoms with Gasteiger partial charge in [0, 0.05) is 38.3 Å². The van der Waals surface area contributed by atoms with Gasteiger partial charge in [0.15, 0.2) is 5.11 Å². The number of para-hydroxylation sites is 1. The molecule has 2 N–H and O–H groups in total. The van der Waals surface area contributed by atoms with Crippen molar-refractivity contribution in [3.05, 3.63) is 45.7 Å². The van der Waals surface area contributed by atoms with E-state index in [2.05, 4.69) is 39.1 Å². The van der Waals surface area contributed by atoms with Crippen molar-refractivity contribution in [1.29, 1.82) is 0 Å². The number of pyridine rings is 1. The Morgan fingerprint density at radius 1 is 1.26 bits per heavy atom. The summed E-state index contributed by atoms with van der Waals surface area (Å²) in [6.45, 7) is 9.42. The first-order valence-electron chi connectivity index (χ1n) is 11.0. The quantitative estimate of drug-likeness (QED) is 0.451. The van der Waals surface area contributed by atoms with Gasteiger partial charge in [0.1, 0.15) is 0 Å². The van der Waals surface area contributed by atoms with E-state index in [-0.39, 0.29) is 5.56 Å². The molecule has 3 rings (SSSR count). The highest BCUT2D eigenvalue weighted by atomic mass is 32.1.